The van der Waals surface area contributed by atoms with Crippen molar-refractivity contribution in [3.63, 3.8) is 0 Å². The zero-order valence-corrected chi connectivity index (χ0v) is 12.7. The lowest BCUT2D eigenvalue weighted by Crippen LogP contribution is -2.41. The molecule has 0 saturated heterocycles. The molecule has 3 N–H and O–H groups in total. The molecule has 0 bridgehead atoms. The number of aromatic nitrogens is 3. The molecule has 22 heavy (non-hydrogen) atoms. The van der Waals surface area contributed by atoms with Crippen LogP contribution < -0.4 is 11.1 Å². The first-order valence-corrected chi connectivity index (χ1v) is 7.81. The van der Waals surface area contributed by atoms with Crippen LogP contribution in [0.3, 0.4) is 0 Å². The summed E-state index contributed by atoms with van der Waals surface area (Å²) in [6.07, 6.45) is 13.4. The summed E-state index contributed by atoms with van der Waals surface area (Å²) >= 11 is 0. The van der Waals surface area contributed by atoms with Crippen LogP contribution >= 0.6 is 0 Å². The van der Waals surface area contributed by atoms with E-state index >= 15 is 0 Å². The Hall–Kier alpha value is -2.37. The minimum Gasteiger partial charge on any atom is -0.370 e. The van der Waals surface area contributed by atoms with Crippen LogP contribution in [0.25, 0.3) is 5.82 Å². The molecule has 3 rings (SSSR count). The molecule has 1 aliphatic rings. The molecule has 0 aliphatic heterocycles. The number of hydrogen-bond donors (Lipinski definition) is 2. The van der Waals surface area contributed by atoms with Gasteiger partial charge in [-0.1, -0.05) is 25.3 Å². The van der Waals surface area contributed by atoms with E-state index < -0.39 is 0 Å². The van der Waals surface area contributed by atoms with Gasteiger partial charge in [0, 0.05) is 24.6 Å². The Bertz CT molecular complexity index is 596. The van der Waals surface area contributed by atoms with Crippen molar-refractivity contribution in [2.24, 2.45) is 10.7 Å². The third-order valence-corrected chi connectivity index (χ3v) is 3.97. The van der Waals surface area contributed by atoms with Crippen molar-refractivity contribution < 1.29 is 0 Å². The second kappa shape index (κ2) is 7.06. The number of hydrogen-bond acceptors (Lipinski definition) is 3. The summed E-state index contributed by atoms with van der Waals surface area (Å²) in [5, 5.41) is 3.32. The summed E-state index contributed by atoms with van der Waals surface area (Å²) in [5.41, 5.74) is 7.00. The van der Waals surface area contributed by atoms with Gasteiger partial charge in [0.25, 0.3) is 0 Å². The highest BCUT2D eigenvalue weighted by Crippen LogP contribution is 2.17. The number of nitrogens with one attached hydrogen (secondary N) is 1. The zero-order valence-electron chi connectivity index (χ0n) is 12.7. The number of nitrogens with two attached hydrogens (primary N) is 1. The molecule has 1 fully saturated rings. The maximum Gasteiger partial charge on any atom is 0.189 e. The first-order valence-electron chi connectivity index (χ1n) is 7.81. The van der Waals surface area contributed by atoms with E-state index in [-0.39, 0.29) is 0 Å². The molecule has 6 nitrogen and oxygen atoms in total. The van der Waals surface area contributed by atoms with Gasteiger partial charge in [-0.3, -0.25) is 4.57 Å². The van der Waals surface area contributed by atoms with Crippen LogP contribution in [0.5, 0.6) is 0 Å². The van der Waals surface area contributed by atoms with Gasteiger partial charge in [-0.05, 0) is 24.5 Å². The highest BCUT2D eigenvalue weighted by atomic mass is 15.1. The van der Waals surface area contributed by atoms with Crippen molar-refractivity contribution in [1.82, 2.24) is 19.9 Å². The molecular weight excluding hydrogens is 276 g/mol. The Kier molecular flexibility index (Phi) is 4.68. The molecule has 0 amide bonds. The molecule has 116 valence electrons. The van der Waals surface area contributed by atoms with Crippen LogP contribution in [0, 0.1) is 0 Å². The Morgan fingerprint density at radius 3 is 2.86 bits per heavy atom. The van der Waals surface area contributed by atoms with Crippen LogP contribution in [-0.2, 0) is 6.54 Å². The summed E-state index contributed by atoms with van der Waals surface area (Å²) in [6, 6.07) is 4.45. The summed E-state index contributed by atoms with van der Waals surface area (Å²) in [7, 11) is 0. The van der Waals surface area contributed by atoms with Crippen molar-refractivity contribution >= 4 is 5.96 Å². The lowest BCUT2D eigenvalue weighted by atomic mass is 9.96. The van der Waals surface area contributed by atoms with E-state index in [9.17, 15) is 0 Å². The first-order chi connectivity index (χ1) is 10.8. The van der Waals surface area contributed by atoms with Gasteiger partial charge < -0.3 is 11.1 Å². The molecule has 2 aromatic heterocycles. The second-order valence-corrected chi connectivity index (χ2v) is 5.68. The number of nitrogens with zero attached hydrogens (tertiary/aromatic N) is 4. The predicted molar refractivity (Wildman–Crippen MR) is 86.7 cm³/mol. The van der Waals surface area contributed by atoms with Gasteiger partial charge in [0.15, 0.2) is 5.96 Å². The third-order valence-electron chi connectivity index (χ3n) is 3.97. The molecule has 0 radical (unpaired) electrons. The van der Waals surface area contributed by atoms with Gasteiger partial charge in [-0.15, -0.1) is 0 Å². The molecule has 1 aliphatic carbocycles. The molecular formula is C16H22N6. The number of rotatable bonds is 4. The van der Waals surface area contributed by atoms with Gasteiger partial charge in [-0.2, -0.15) is 0 Å². The Labute approximate surface area is 130 Å². The van der Waals surface area contributed by atoms with E-state index in [0.29, 0.717) is 18.5 Å². The van der Waals surface area contributed by atoms with Crippen molar-refractivity contribution in [3.05, 3.63) is 42.6 Å². The average molecular weight is 298 g/mol. The summed E-state index contributed by atoms with van der Waals surface area (Å²) in [4.78, 5) is 12.8. The number of aliphatic imine (C=N–C) groups is 1. The van der Waals surface area contributed by atoms with Crippen LogP contribution in [-0.4, -0.2) is 26.5 Å². The van der Waals surface area contributed by atoms with Crippen LogP contribution in [0.1, 0.15) is 37.7 Å². The van der Waals surface area contributed by atoms with Crippen molar-refractivity contribution in [3.8, 4) is 5.82 Å². The van der Waals surface area contributed by atoms with E-state index in [0.717, 1.165) is 11.4 Å². The van der Waals surface area contributed by atoms with E-state index in [2.05, 4.69) is 20.3 Å². The van der Waals surface area contributed by atoms with Gasteiger partial charge in [0.2, 0.25) is 0 Å². The fourth-order valence-electron chi connectivity index (χ4n) is 2.74. The van der Waals surface area contributed by atoms with Crippen LogP contribution in [0.2, 0.25) is 0 Å². The Morgan fingerprint density at radius 1 is 1.32 bits per heavy atom. The first kappa shape index (κ1) is 14.6. The van der Waals surface area contributed by atoms with Gasteiger partial charge in [0.1, 0.15) is 12.1 Å². The van der Waals surface area contributed by atoms with E-state index in [1.165, 1.54) is 32.1 Å². The normalized spacial score (nSPS) is 16.6. The second-order valence-electron chi connectivity index (χ2n) is 5.68. The van der Waals surface area contributed by atoms with Crippen molar-refractivity contribution in [2.45, 2.75) is 44.7 Å². The van der Waals surface area contributed by atoms with Crippen molar-refractivity contribution in [1.29, 1.82) is 0 Å². The monoisotopic (exact) mass is 298 g/mol. The minimum atomic E-state index is 0.485. The molecule has 0 unspecified atom stereocenters. The summed E-state index contributed by atoms with van der Waals surface area (Å²) in [6.45, 7) is 0.544. The Balaban J connectivity index is 1.55. The van der Waals surface area contributed by atoms with Crippen LogP contribution in [0.4, 0.5) is 0 Å². The molecule has 0 atom stereocenters. The SMILES string of the molecule is NC(=NCc1ccc(-n2ccnc2)nc1)NC1CCCCC1. The van der Waals surface area contributed by atoms with E-state index in [1.807, 2.05) is 29.1 Å². The van der Waals surface area contributed by atoms with Gasteiger partial charge >= 0.3 is 0 Å². The van der Waals surface area contributed by atoms with E-state index in [1.54, 1.807) is 12.5 Å². The quantitative estimate of drug-likeness (QED) is 0.668. The van der Waals surface area contributed by atoms with Crippen molar-refractivity contribution in [2.75, 3.05) is 0 Å². The third kappa shape index (κ3) is 3.84. The highest BCUT2D eigenvalue weighted by molar-refractivity contribution is 5.78. The smallest absolute Gasteiger partial charge is 0.189 e. The Morgan fingerprint density at radius 2 is 2.18 bits per heavy atom. The molecule has 6 heteroatoms. The fourth-order valence-corrected chi connectivity index (χ4v) is 2.74. The molecule has 2 aromatic rings. The summed E-state index contributed by atoms with van der Waals surface area (Å²) < 4.78 is 1.87. The fraction of sp³-hybridized carbons (Fsp3) is 0.438. The molecule has 2 heterocycles. The maximum atomic E-state index is 5.97. The maximum absolute atomic E-state index is 5.97. The highest BCUT2D eigenvalue weighted by Gasteiger charge is 2.13. The molecule has 0 spiro atoms. The number of pyridine rings is 1. The van der Waals surface area contributed by atoms with Gasteiger partial charge in [-0.25, -0.2) is 15.0 Å². The van der Waals surface area contributed by atoms with Gasteiger partial charge in [0.05, 0.1) is 6.54 Å². The largest absolute Gasteiger partial charge is 0.370 e. The standard InChI is InChI=1S/C16H22N6/c17-16(21-14-4-2-1-3-5-14)20-11-13-6-7-15(19-10-13)22-9-8-18-12-22/h6-10,12,14H,1-5,11H2,(H3,17,20,21). The van der Waals surface area contributed by atoms with E-state index in [4.69, 9.17) is 5.73 Å². The average Bonchev–Trinajstić information content (AvgIpc) is 3.09. The zero-order chi connectivity index (χ0) is 15.2. The molecule has 1 saturated carbocycles. The lowest BCUT2D eigenvalue weighted by Gasteiger charge is -2.23. The topological polar surface area (TPSA) is 81.1 Å². The number of imidazole rings is 1. The van der Waals surface area contributed by atoms with Crippen LogP contribution in [0.15, 0.2) is 42.0 Å². The number of guanidine groups is 1. The minimum absolute atomic E-state index is 0.485. The predicted octanol–water partition coefficient (Wildman–Crippen LogP) is 2.00. The lowest BCUT2D eigenvalue weighted by molar-refractivity contribution is 0.412. The molecule has 0 aromatic carbocycles. The summed E-state index contributed by atoms with van der Waals surface area (Å²) in [5.74, 6) is 1.38.